The van der Waals surface area contributed by atoms with Crippen LogP contribution in [0.5, 0.6) is 11.5 Å². The van der Waals surface area contributed by atoms with Gasteiger partial charge in [-0.25, -0.2) is 0 Å². The maximum Gasteiger partial charge on any atom is 0.235 e. The number of rotatable bonds is 4. The van der Waals surface area contributed by atoms with Crippen LogP contribution in [0.15, 0.2) is 29.5 Å². The number of Topliss-reactive ketones (excluding diaryl/α,β-unsaturated/α-hetero) is 1. The fraction of sp³-hybridized carbons (Fsp3) is 0.400. The van der Waals surface area contributed by atoms with Gasteiger partial charge in [-0.05, 0) is 30.5 Å². The van der Waals surface area contributed by atoms with Gasteiger partial charge in [0.15, 0.2) is 5.76 Å². The van der Waals surface area contributed by atoms with E-state index in [4.69, 9.17) is 4.74 Å². The molecule has 0 aromatic heterocycles. The Bertz CT molecular complexity index is 492. The molecule has 0 bridgehead atoms. The van der Waals surface area contributed by atoms with Crippen molar-refractivity contribution >= 4 is 5.78 Å². The van der Waals surface area contributed by atoms with Crippen LogP contribution in [-0.2, 0) is 0 Å². The van der Waals surface area contributed by atoms with E-state index in [2.05, 4.69) is 13.8 Å². The first-order valence-electron chi connectivity index (χ1n) is 6.45. The fourth-order valence-corrected chi connectivity index (χ4v) is 2.29. The van der Waals surface area contributed by atoms with E-state index in [9.17, 15) is 9.90 Å². The number of benzene rings is 1. The van der Waals surface area contributed by atoms with Gasteiger partial charge in [-0.2, -0.15) is 0 Å². The summed E-state index contributed by atoms with van der Waals surface area (Å²) in [6.07, 6.45) is 3.70. The summed E-state index contributed by atoms with van der Waals surface area (Å²) in [5, 5.41) is 9.74. The molecule has 2 rings (SSSR count). The van der Waals surface area contributed by atoms with Crippen molar-refractivity contribution in [3.63, 3.8) is 0 Å². The minimum Gasteiger partial charge on any atom is -0.507 e. The molecular weight excluding hydrogens is 228 g/mol. The van der Waals surface area contributed by atoms with Crippen molar-refractivity contribution < 1.29 is 14.6 Å². The highest BCUT2D eigenvalue weighted by Gasteiger charge is 2.32. The summed E-state index contributed by atoms with van der Waals surface area (Å²) in [4.78, 5) is 12.3. The Morgan fingerprint density at radius 1 is 1.22 bits per heavy atom. The topological polar surface area (TPSA) is 46.5 Å². The van der Waals surface area contributed by atoms with Crippen molar-refractivity contribution in [1.82, 2.24) is 0 Å². The van der Waals surface area contributed by atoms with E-state index in [-0.39, 0.29) is 11.5 Å². The molecule has 1 heterocycles. The van der Waals surface area contributed by atoms with Gasteiger partial charge in [-0.15, -0.1) is 0 Å². The number of aromatic hydroxyl groups is 1. The fourth-order valence-electron chi connectivity index (χ4n) is 2.29. The van der Waals surface area contributed by atoms with Crippen molar-refractivity contribution in [2.75, 3.05) is 0 Å². The van der Waals surface area contributed by atoms with Gasteiger partial charge in [-0.3, -0.25) is 4.79 Å². The van der Waals surface area contributed by atoms with Crippen LogP contribution in [0.2, 0.25) is 0 Å². The molecule has 0 saturated heterocycles. The third kappa shape index (κ3) is 2.13. The normalized spacial score (nSPS) is 13.4. The number of hydrogen-bond donors (Lipinski definition) is 1. The van der Waals surface area contributed by atoms with E-state index >= 15 is 0 Å². The molecule has 96 valence electrons. The van der Waals surface area contributed by atoms with Crippen molar-refractivity contribution in [3.8, 4) is 11.5 Å². The van der Waals surface area contributed by atoms with Crippen molar-refractivity contribution in [3.05, 3.63) is 35.1 Å². The number of phenols is 1. The first-order chi connectivity index (χ1) is 8.69. The van der Waals surface area contributed by atoms with Crippen LogP contribution in [0.4, 0.5) is 0 Å². The number of fused-ring (bicyclic) bond motifs is 1. The zero-order chi connectivity index (χ0) is 13.1. The van der Waals surface area contributed by atoms with Crippen molar-refractivity contribution in [1.29, 1.82) is 0 Å². The van der Waals surface area contributed by atoms with Crippen LogP contribution >= 0.6 is 0 Å². The van der Waals surface area contributed by atoms with E-state index in [0.717, 1.165) is 31.3 Å². The quantitative estimate of drug-likeness (QED) is 0.821. The summed E-state index contributed by atoms with van der Waals surface area (Å²) in [6, 6.07) is 4.92. The zero-order valence-corrected chi connectivity index (χ0v) is 10.8. The molecule has 1 aliphatic heterocycles. The van der Waals surface area contributed by atoms with E-state index in [1.54, 1.807) is 12.1 Å². The van der Waals surface area contributed by atoms with Gasteiger partial charge < -0.3 is 9.84 Å². The largest absolute Gasteiger partial charge is 0.507 e. The Morgan fingerprint density at radius 3 is 2.44 bits per heavy atom. The molecule has 0 radical (unpaired) electrons. The molecule has 0 unspecified atom stereocenters. The summed E-state index contributed by atoms with van der Waals surface area (Å²) in [5.74, 6) is 0.717. The Morgan fingerprint density at radius 2 is 1.89 bits per heavy atom. The smallest absolute Gasteiger partial charge is 0.235 e. The lowest BCUT2D eigenvalue weighted by molar-refractivity contribution is 0.101. The van der Waals surface area contributed by atoms with E-state index < -0.39 is 0 Å². The van der Waals surface area contributed by atoms with Crippen LogP contribution in [-0.4, -0.2) is 10.9 Å². The molecular formula is C15H18O3. The Hall–Kier alpha value is -1.77. The summed E-state index contributed by atoms with van der Waals surface area (Å²) in [7, 11) is 0. The molecule has 1 aromatic carbocycles. The lowest BCUT2D eigenvalue weighted by Gasteiger charge is -2.07. The predicted octanol–water partition coefficient (Wildman–Crippen LogP) is 3.82. The van der Waals surface area contributed by atoms with Gasteiger partial charge >= 0.3 is 0 Å². The third-order valence-electron chi connectivity index (χ3n) is 3.07. The van der Waals surface area contributed by atoms with Crippen molar-refractivity contribution in [2.45, 2.75) is 39.5 Å². The summed E-state index contributed by atoms with van der Waals surface area (Å²) >= 11 is 0. The Kier molecular flexibility index (Phi) is 3.70. The maximum absolute atomic E-state index is 12.3. The first kappa shape index (κ1) is 12.7. The second-order valence-corrected chi connectivity index (χ2v) is 4.51. The average Bonchev–Trinajstić information content (AvgIpc) is 2.68. The van der Waals surface area contributed by atoms with Crippen LogP contribution < -0.4 is 4.74 Å². The lowest BCUT2D eigenvalue weighted by Crippen LogP contribution is -2.04. The Balaban J connectivity index is 2.43. The molecule has 1 aromatic rings. The number of phenolic OH excluding ortho intramolecular Hbond substituents is 1. The van der Waals surface area contributed by atoms with Crippen LogP contribution in [0, 0.1) is 0 Å². The van der Waals surface area contributed by atoms with Gasteiger partial charge in [-0.1, -0.05) is 32.8 Å². The maximum atomic E-state index is 12.3. The lowest BCUT2D eigenvalue weighted by atomic mass is 10.0. The second kappa shape index (κ2) is 5.25. The van der Waals surface area contributed by atoms with E-state index in [0.29, 0.717) is 17.1 Å². The minimum atomic E-state index is -0.181. The van der Waals surface area contributed by atoms with E-state index in [1.165, 1.54) is 6.07 Å². The molecule has 3 nitrogen and oxygen atoms in total. The molecule has 0 saturated carbocycles. The predicted molar refractivity (Wildman–Crippen MR) is 69.9 cm³/mol. The van der Waals surface area contributed by atoms with Crippen LogP contribution in [0.1, 0.15) is 49.9 Å². The molecule has 18 heavy (non-hydrogen) atoms. The van der Waals surface area contributed by atoms with Gasteiger partial charge in [0, 0.05) is 0 Å². The standard InChI is InChI=1S/C15H18O3/c1-3-6-10(7-4-2)15-14(17)13-11(16)8-5-9-12(13)18-15/h5,8-9,16H,3-4,6-7H2,1-2H3. The molecule has 0 aliphatic carbocycles. The summed E-state index contributed by atoms with van der Waals surface area (Å²) in [6.45, 7) is 4.17. The van der Waals surface area contributed by atoms with Gasteiger partial charge in [0.1, 0.15) is 17.1 Å². The molecule has 0 fully saturated rings. The monoisotopic (exact) mass is 246 g/mol. The zero-order valence-electron chi connectivity index (χ0n) is 10.8. The van der Waals surface area contributed by atoms with Crippen molar-refractivity contribution in [2.24, 2.45) is 0 Å². The molecule has 0 spiro atoms. The number of ketones is 1. The highest BCUT2D eigenvalue weighted by atomic mass is 16.5. The van der Waals surface area contributed by atoms with Gasteiger partial charge in [0.25, 0.3) is 0 Å². The van der Waals surface area contributed by atoms with Gasteiger partial charge in [0.05, 0.1) is 0 Å². The molecule has 1 aliphatic rings. The number of ether oxygens (including phenoxy) is 1. The van der Waals surface area contributed by atoms with E-state index in [1.807, 2.05) is 0 Å². The highest BCUT2D eigenvalue weighted by Crippen LogP contribution is 2.38. The average molecular weight is 246 g/mol. The number of allylic oxidation sites excluding steroid dienone is 2. The second-order valence-electron chi connectivity index (χ2n) is 4.51. The number of carbonyl (C=O) groups excluding carboxylic acids is 1. The minimum absolute atomic E-state index is 0.000142. The van der Waals surface area contributed by atoms with Crippen LogP contribution in [0.3, 0.4) is 0 Å². The van der Waals surface area contributed by atoms with Crippen LogP contribution in [0.25, 0.3) is 0 Å². The Labute approximate surface area is 107 Å². The number of hydrogen-bond acceptors (Lipinski definition) is 3. The number of carbonyl (C=O) groups is 1. The molecule has 3 heteroatoms. The molecule has 0 atom stereocenters. The summed E-state index contributed by atoms with van der Waals surface area (Å²) in [5.41, 5.74) is 1.36. The molecule has 0 amide bonds. The highest BCUT2D eigenvalue weighted by molar-refractivity contribution is 6.14. The van der Waals surface area contributed by atoms with Gasteiger partial charge in [0.2, 0.25) is 5.78 Å². The first-order valence-corrected chi connectivity index (χ1v) is 6.45. The summed E-state index contributed by atoms with van der Waals surface area (Å²) < 4.78 is 5.64. The SMILES string of the molecule is CCCC(CCC)=C1Oc2cccc(O)c2C1=O. The third-order valence-corrected chi connectivity index (χ3v) is 3.07. The molecule has 1 N–H and O–H groups in total.